The van der Waals surface area contributed by atoms with Crippen molar-refractivity contribution >= 4 is 40.3 Å². The zero-order valence-electron chi connectivity index (χ0n) is 21.9. The lowest BCUT2D eigenvalue weighted by molar-refractivity contribution is -0.384. The average molecular weight is 550 g/mol. The van der Waals surface area contributed by atoms with Gasteiger partial charge >= 0.3 is 0 Å². The molecule has 0 bridgehead atoms. The smallest absolute Gasteiger partial charge is 0.269 e. The Morgan fingerprint density at radius 2 is 1.60 bits per heavy atom. The fourth-order valence-corrected chi connectivity index (χ4v) is 5.17. The van der Waals surface area contributed by atoms with Crippen LogP contribution in [0.1, 0.15) is 22.3 Å². The van der Waals surface area contributed by atoms with E-state index in [1.54, 1.807) is 17.0 Å². The number of nitro groups is 1. The number of hydrogen-bond acceptors (Lipinski definition) is 6. The topological polar surface area (TPSA) is 85.0 Å². The molecule has 4 aromatic rings. The lowest BCUT2D eigenvalue weighted by Gasteiger charge is -2.15. The van der Waals surface area contributed by atoms with Gasteiger partial charge in [-0.05, 0) is 72.6 Å². The Bertz CT molecular complexity index is 1570. The van der Waals surface area contributed by atoms with Crippen molar-refractivity contribution in [2.45, 2.75) is 20.0 Å². The maximum absolute atomic E-state index is 13.6. The monoisotopic (exact) mass is 549 g/mol. The molecule has 1 amide bonds. The van der Waals surface area contributed by atoms with Crippen LogP contribution in [0.2, 0.25) is 0 Å². The number of rotatable bonds is 9. The van der Waals surface area contributed by atoms with Crippen LogP contribution in [0.3, 0.4) is 0 Å². The molecule has 200 valence electrons. The van der Waals surface area contributed by atoms with Crippen LogP contribution in [-0.2, 0) is 17.8 Å². The molecule has 5 rings (SSSR count). The summed E-state index contributed by atoms with van der Waals surface area (Å²) in [7, 11) is 0. The van der Waals surface area contributed by atoms with E-state index in [1.165, 1.54) is 23.9 Å². The third-order valence-electron chi connectivity index (χ3n) is 6.36. The van der Waals surface area contributed by atoms with Crippen LogP contribution >= 0.6 is 11.8 Å². The molecule has 0 radical (unpaired) electrons. The van der Waals surface area contributed by atoms with Crippen molar-refractivity contribution in [2.75, 3.05) is 6.54 Å². The Labute approximate surface area is 237 Å². The Kier molecular flexibility index (Phi) is 8.37. The zero-order chi connectivity index (χ0) is 27.9. The number of carbonyl (C=O) groups is 1. The number of aliphatic imine (C=N–C) groups is 1. The highest BCUT2D eigenvalue weighted by Gasteiger charge is 2.33. The van der Waals surface area contributed by atoms with E-state index >= 15 is 0 Å². The molecule has 8 heteroatoms. The quantitative estimate of drug-likeness (QED) is 0.124. The van der Waals surface area contributed by atoms with Crippen LogP contribution in [0, 0.1) is 17.0 Å². The first kappa shape index (κ1) is 26.9. The minimum absolute atomic E-state index is 0.0329. The molecule has 1 aliphatic rings. The Balaban J connectivity index is 1.38. The molecule has 1 heterocycles. The number of non-ortho nitro benzene ring substituents is 1. The largest absolute Gasteiger partial charge is 0.488 e. The SMILES string of the molecule is Cc1ccc(N=C2S/C(=C/c3ccccc3OCc3ccc([N+](=O)[O-])cc3)C(=O)N2CCc2ccccc2)cc1. The summed E-state index contributed by atoms with van der Waals surface area (Å²) >= 11 is 1.35. The van der Waals surface area contributed by atoms with Crippen LogP contribution in [0.5, 0.6) is 5.75 Å². The second kappa shape index (κ2) is 12.4. The molecular weight excluding hydrogens is 522 g/mol. The van der Waals surface area contributed by atoms with E-state index in [1.807, 2.05) is 79.7 Å². The normalized spacial score (nSPS) is 15.1. The third kappa shape index (κ3) is 6.65. The number of nitrogens with zero attached hydrogens (tertiary/aromatic N) is 3. The van der Waals surface area contributed by atoms with Gasteiger partial charge in [0.15, 0.2) is 5.17 Å². The van der Waals surface area contributed by atoms with E-state index in [2.05, 4.69) is 12.1 Å². The Morgan fingerprint density at radius 3 is 2.33 bits per heavy atom. The molecule has 0 aliphatic carbocycles. The molecule has 1 aliphatic heterocycles. The van der Waals surface area contributed by atoms with Crippen molar-refractivity contribution in [1.82, 2.24) is 4.90 Å². The Morgan fingerprint density at radius 1 is 0.900 bits per heavy atom. The number of amides is 1. The van der Waals surface area contributed by atoms with E-state index in [0.717, 1.165) is 27.9 Å². The van der Waals surface area contributed by atoms with Gasteiger partial charge in [0.05, 0.1) is 15.5 Å². The molecule has 0 atom stereocenters. The summed E-state index contributed by atoms with van der Waals surface area (Å²) in [6, 6.07) is 31.8. The molecule has 0 aromatic heterocycles. The first-order valence-electron chi connectivity index (χ1n) is 12.8. The Hall–Kier alpha value is -4.69. The van der Waals surface area contributed by atoms with Gasteiger partial charge in [-0.15, -0.1) is 0 Å². The van der Waals surface area contributed by atoms with Gasteiger partial charge in [-0.3, -0.25) is 19.8 Å². The molecule has 7 nitrogen and oxygen atoms in total. The van der Waals surface area contributed by atoms with Gasteiger partial charge in [-0.2, -0.15) is 0 Å². The van der Waals surface area contributed by atoms with Crippen LogP contribution in [0.25, 0.3) is 6.08 Å². The zero-order valence-corrected chi connectivity index (χ0v) is 22.7. The standard InChI is InChI=1S/C32H27N3O4S/c1-23-11-15-27(16-12-23)33-32-34(20-19-24-7-3-2-4-8-24)31(36)30(40-32)21-26-9-5-6-10-29(26)39-22-25-13-17-28(18-14-25)35(37)38/h2-18,21H,19-20,22H2,1H3/b30-21+,33-32?. The molecule has 1 saturated heterocycles. The molecule has 0 spiro atoms. The summed E-state index contributed by atoms with van der Waals surface area (Å²) in [6.07, 6.45) is 2.55. The van der Waals surface area contributed by atoms with Crippen molar-refractivity contribution in [2.24, 2.45) is 4.99 Å². The molecule has 1 fully saturated rings. The molecule has 0 N–H and O–H groups in total. The summed E-state index contributed by atoms with van der Waals surface area (Å²) in [5.41, 5.74) is 4.69. The van der Waals surface area contributed by atoms with Crippen LogP contribution in [0.15, 0.2) is 113 Å². The van der Waals surface area contributed by atoms with Gasteiger partial charge < -0.3 is 4.74 Å². The molecular formula is C32H27N3O4S. The third-order valence-corrected chi connectivity index (χ3v) is 7.37. The predicted octanol–water partition coefficient (Wildman–Crippen LogP) is 7.33. The van der Waals surface area contributed by atoms with E-state index in [9.17, 15) is 14.9 Å². The predicted molar refractivity (Wildman–Crippen MR) is 160 cm³/mol. The van der Waals surface area contributed by atoms with Crippen molar-refractivity contribution in [1.29, 1.82) is 0 Å². The fraction of sp³-hybridized carbons (Fsp3) is 0.125. The van der Waals surface area contributed by atoms with Gasteiger partial charge in [-0.25, -0.2) is 4.99 Å². The fourth-order valence-electron chi connectivity index (χ4n) is 4.15. The molecule has 0 saturated carbocycles. The molecule has 40 heavy (non-hydrogen) atoms. The summed E-state index contributed by atoms with van der Waals surface area (Å²) in [5, 5.41) is 11.6. The number of amidine groups is 1. The van der Waals surface area contributed by atoms with E-state index in [4.69, 9.17) is 9.73 Å². The van der Waals surface area contributed by atoms with E-state index in [0.29, 0.717) is 28.8 Å². The number of thioether (sulfide) groups is 1. The maximum atomic E-state index is 13.6. The van der Waals surface area contributed by atoms with Crippen molar-refractivity contribution in [3.05, 3.63) is 140 Å². The second-order valence-electron chi connectivity index (χ2n) is 9.28. The van der Waals surface area contributed by atoms with Gasteiger partial charge in [0.25, 0.3) is 11.6 Å². The molecule has 4 aromatic carbocycles. The highest BCUT2D eigenvalue weighted by atomic mass is 32.2. The van der Waals surface area contributed by atoms with Gasteiger partial charge in [0.2, 0.25) is 0 Å². The highest BCUT2D eigenvalue weighted by Crippen LogP contribution is 2.36. The summed E-state index contributed by atoms with van der Waals surface area (Å²) < 4.78 is 6.06. The second-order valence-corrected chi connectivity index (χ2v) is 10.3. The number of carbonyl (C=O) groups excluding carboxylic acids is 1. The number of ether oxygens (including phenoxy) is 1. The number of nitro benzene ring substituents is 1. The van der Waals surface area contributed by atoms with Crippen molar-refractivity contribution in [3.63, 3.8) is 0 Å². The first-order valence-corrected chi connectivity index (χ1v) is 13.6. The first-order chi connectivity index (χ1) is 19.5. The highest BCUT2D eigenvalue weighted by molar-refractivity contribution is 8.18. The maximum Gasteiger partial charge on any atom is 0.269 e. The van der Waals surface area contributed by atoms with Gasteiger partial charge in [0, 0.05) is 24.2 Å². The average Bonchev–Trinajstić information content (AvgIpc) is 3.26. The van der Waals surface area contributed by atoms with Crippen molar-refractivity contribution in [3.8, 4) is 5.75 Å². The number of para-hydroxylation sites is 1. The van der Waals surface area contributed by atoms with E-state index < -0.39 is 4.92 Å². The minimum Gasteiger partial charge on any atom is -0.488 e. The summed E-state index contributed by atoms with van der Waals surface area (Å²) in [4.78, 5) is 31.2. The van der Waals surface area contributed by atoms with Crippen molar-refractivity contribution < 1.29 is 14.5 Å². The molecule has 0 unspecified atom stereocenters. The summed E-state index contributed by atoms with van der Waals surface area (Å²) in [6.45, 7) is 2.78. The number of hydrogen-bond donors (Lipinski definition) is 0. The number of aryl methyl sites for hydroxylation is 1. The number of benzene rings is 4. The lowest BCUT2D eigenvalue weighted by atomic mass is 10.1. The van der Waals surface area contributed by atoms with Crippen LogP contribution in [0.4, 0.5) is 11.4 Å². The minimum atomic E-state index is -0.429. The van der Waals surface area contributed by atoms with Gasteiger partial charge in [0.1, 0.15) is 12.4 Å². The lowest BCUT2D eigenvalue weighted by Crippen LogP contribution is -2.31. The van der Waals surface area contributed by atoms with E-state index in [-0.39, 0.29) is 18.2 Å². The summed E-state index contributed by atoms with van der Waals surface area (Å²) in [5.74, 6) is 0.512. The van der Waals surface area contributed by atoms with Crippen LogP contribution in [-0.4, -0.2) is 27.4 Å². The van der Waals surface area contributed by atoms with Gasteiger partial charge in [-0.1, -0.05) is 66.2 Å². The van der Waals surface area contributed by atoms with Crippen LogP contribution < -0.4 is 4.74 Å².